The number of hydrogen-bond donors (Lipinski definition) is 1. The summed E-state index contributed by atoms with van der Waals surface area (Å²) < 4.78 is 46.4. The first kappa shape index (κ1) is 22.3. The molecule has 0 aliphatic carbocycles. The molecule has 8 nitrogen and oxygen atoms in total. The van der Waals surface area contributed by atoms with E-state index in [4.69, 9.17) is 26.2 Å². The van der Waals surface area contributed by atoms with Crippen molar-refractivity contribution >= 4 is 28.1 Å². The molecular weight excluding hydrogens is 413 g/mol. The molecule has 3 rings (SSSR count). The molecule has 2 aromatic rings. The molecule has 0 spiro atoms. The molecule has 1 aromatic carbocycles. The third-order valence-corrected chi connectivity index (χ3v) is 6.62. The summed E-state index contributed by atoms with van der Waals surface area (Å²) in [7, 11) is -0.323. The molecule has 1 aliphatic rings. The van der Waals surface area contributed by atoms with E-state index in [0.29, 0.717) is 24.6 Å². The number of nitrogens with zero attached hydrogens (tertiary/aromatic N) is 3. The van der Waals surface area contributed by atoms with Crippen LogP contribution in [0.4, 0.5) is 4.39 Å². The Hall–Kier alpha value is -2.01. The van der Waals surface area contributed by atoms with E-state index in [1.165, 1.54) is 30.5 Å². The van der Waals surface area contributed by atoms with Crippen LogP contribution in [0.15, 0.2) is 30.6 Å². The number of rotatable bonds is 5. The number of ether oxygens (including phenoxy) is 1. The van der Waals surface area contributed by atoms with E-state index < -0.39 is 15.8 Å². The molecule has 0 amide bonds. The van der Waals surface area contributed by atoms with Gasteiger partial charge in [0.15, 0.2) is 0 Å². The van der Waals surface area contributed by atoms with Gasteiger partial charge in [-0.3, -0.25) is 4.79 Å². The van der Waals surface area contributed by atoms with Gasteiger partial charge in [0.05, 0.1) is 30.0 Å². The number of hydrogen-bond acceptors (Lipinski definition) is 5. The Bertz CT molecular complexity index is 919. The molecule has 28 heavy (non-hydrogen) atoms. The van der Waals surface area contributed by atoms with Crippen molar-refractivity contribution in [3.63, 3.8) is 0 Å². The third-order valence-electron chi connectivity index (χ3n) is 4.34. The smallest absolute Gasteiger partial charge is 0.290 e. The second kappa shape index (κ2) is 9.46. The van der Waals surface area contributed by atoms with Crippen LogP contribution >= 0.6 is 11.6 Å². The number of sulfonamides is 1. The van der Waals surface area contributed by atoms with Crippen LogP contribution in [0.1, 0.15) is 6.04 Å². The SMILES string of the molecule is CN(C)S(=O)(=O)C[C@@H]1COC[C@H]1n1ccnc1-c1ccc(F)cc1Cl.O=CO. The number of aromatic nitrogens is 2. The lowest BCUT2D eigenvalue weighted by Crippen LogP contribution is -2.32. The van der Waals surface area contributed by atoms with E-state index in [1.54, 1.807) is 18.5 Å². The lowest BCUT2D eigenvalue weighted by molar-refractivity contribution is -0.122. The van der Waals surface area contributed by atoms with Gasteiger partial charge in [-0.2, -0.15) is 0 Å². The van der Waals surface area contributed by atoms with E-state index in [9.17, 15) is 12.8 Å². The van der Waals surface area contributed by atoms with Crippen molar-refractivity contribution in [1.82, 2.24) is 13.9 Å². The molecule has 1 N–H and O–H groups in total. The highest BCUT2D eigenvalue weighted by atomic mass is 35.5. The monoisotopic (exact) mass is 433 g/mol. The molecule has 1 fully saturated rings. The largest absolute Gasteiger partial charge is 0.483 e. The normalized spacial score (nSPS) is 19.3. The van der Waals surface area contributed by atoms with Crippen molar-refractivity contribution in [3.05, 3.63) is 41.4 Å². The Morgan fingerprint density at radius 3 is 2.71 bits per heavy atom. The minimum atomic E-state index is -3.35. The summed E-state index contributed by atoms with van der Waals surface area (Å²) in [5.41, 5.74) is 0.592. The first-order valence-corrected chi connectivity index (χ1v) is 10.2. The molecule has 2 atom stereocenters. The molecule has 1 aromatic heterocycles. The standard InChI is InChI=1S/C16H19ClFN3O3S.CH2O2/c1-20(2)25(22,23)10-11-8-24-9-15(11)21-6-5-19-16(21)13-4-3-12(18)7-14(13)17;2-1-3/h3-7,11,15H,8-10H2,1-2H3;1H,(H,2,3)/t11-,15+;/m0./s1. The summed E-state index contributed by atoms with van der Waals surface area (Å²) in [5.74, 6) is -0.0854. The quantitative estimate of drug-likeness (QED) is 0.725. The summed E-state index contributed by atoms with van der Waals surface area (Å²) in [6.45, 7) is 0.488. The molecule has 0 unspecified atom stereocenters. The van der Waals surface area contributed by atoms with Gasteiger partial charge in [-0.15, -0.1) is 0 Å². The van der Waals surface area contributed by atoms with Gasteiger partial charge in [0.1, 0.15) is 11.6 Å². The maximum atomic E-state index is 13.3. The molecule has 11 heteroatoms. The Kier molecular flexibility index (Phi) is 7.53. The van der Waals surface area contributed by atoms with Crippen LogP contribution in [0.25, 0.3) is 11.4 Å². The van der Waals surface area contributed by atoms with Gasteiger partial charge in [-0.1, -0.05) is 11.6 Å². The maximum Gasteiger partial charge on any atom is 0.290 e. The Morgan fingerprint density at radius 1 is 1.43 bits per heavy atom. The molecular formula is C17H21ClFN3O5S. The van der Waals surface area contributed by atoms with Crippen molar-refractivity contribution in [2.75, 3.05) is 33.1 Å². The lowest BCUT2D eigenvalue weighted by Gasteiger charge is -2.22. The zero-order valence-corrected chi connectivity index (χ0v) is 16.9. The van der Waals surface area contributed by atoms with E-state index in [-0.39, 0.29) is 29.2 Å². The van der Waals surface area contributed by atoms with E-state index >= 15 is 0 Å². The molecule has 0 radical (unpaired) electrons. The van der Waals surface area contributed by atoms with Crippen molar-refractivity contribution in [3.8, 4) is 11.4 Å². The highest BCUT2D eigenvalue weighted by Gasteiger charge is 2.35. The minimum Gasteiger partial charge on any atom is -0.483 e. The predicted molar refractivity (Wildman–Crippen MR) is 102 cm³/mol. The average Bonchev–Trinajstić information content (AvgIpc) is 3.24. The van der Waals surface area contributed by atoms with Crippen LogP contribution in [-0.2, 0) is 19.6 Å². The van der Waals surface area contributed by atoms with Gasteiger partial charge >= 0.3 is 0 Å². The molecule has 1 saturated heterocycles. The fraction of sp³-hybridized carbons (Fsp3) is 0.412. The van der Waals surface area contributed by atoms with E-state index in [0.717, 1.165) is 0 Å². The second-order valence-corrected chi connectivity index (χ2v) is 8.95. The summed E-state index contributed by atoms with van der Waals surface area (Å²) >= 11 is 6.16. The highest BCUT2D eigenvalue weighted by molar-refractivity contribution is 7.89. The molecule has 2 heterocycles. The number of carboxylic acid groups (broad SMARTS) is 1. The van der Waals surface area contributed by atoms with Crippen LogP contribution in [0.5, 0.6) is 0 Å². The van der Waals surface area contributed by atoms with Crippen molar-refractivity contribution in [2.24, 2.45) is 5.92 Å². The second-order valence-electron chi connectivity index (χ2n) is 6.31. The van der Waals surface area contributed by atoms with Gasteiger partial charge in [-0.05, 0) is 18.2 Å². The predicted octanol–water partition coefficient (Wildman–Crippen LogP) is 2.12. The summed E-state index contributed by atoms with van der Waals surface area (Å²) in [6, 6.07) is 3.93. The van der Waals surface area contributed by atoms with Crippen LogP contribution in [0, 0.1) is 11.7 Å². The zero-order chi connectivity index (χ0) is 20.9. The van der Waals surface area contributed by atoms with Gasteiger partial charge in [0.25, 0.3) is 6.47 Å². The van der Waals surface area contributed by atoms with Gasteiger partial charge in [0.2, 0.25) is 10.0 Å². The fourth-order valence-electron chi connectivity index (χ4n) is 2.93. The van der Waals surface area contributed by atoms with Gasteiger partial charge < -0.3 is 14.4 Å². The topological polar surface area (TPSA) is 102 Å². The Balaban J connectivity index is 0.000000878. The van der Waals surface area contributed by atoms with Crippen LogP contribution in [0.2, 0.25) is 5.02 Å². The first-order chi connectivity index (χ1) is 13.2. The average molecular weight is 434 g/mol. The molecule has 0 bridgehead atoms. The summed E-state index contributed by atoms with van der Waals surface area (Å²) in [6.07, 6.45) is 3.38. The number of benzene rings is 1. The fourth-order valence-corrected chi connectivity index (χ4v) is 4.34. The van der Waals surface area contributed by atoms with Gasteiger partial charge in [0, 0.05) is 38.0 Å². The lowest BCUT2D eigenvalue weighted by atomic mass is 10.1. The molecule has 0 saturated carbocycles. The molecule has 1 aliphatic heterocycles. The van der Waals surface area contributed by atoms with Crippen molar-refractivity contribution in [2.45, 2.75) is 6.04 Å². The van der Waals surface area contributed by atoms with Crippen LogP contribution < -0.4 is 0 Å². The maximum absolute atomic E-state index is 13.3. The van der Waals surface area contributed by atoms with Crippen LogP contribution in [0.3, 0.4) is 0 Å². The van der Waals surface area contributed by atoms with E-state index in [2.05, 4.69) is 4.98 Å². The zero-order valence-electron chi connectivity index (χ0n) is 15.3. The number of imidazole rings is 1. The summed E-state index contributed by atoms with van der Waals surface area (Å²) in [5, 5.41) is 7.14. The number of carbonyl (C=O) groups is 1. The van der Waals surface area contributed by atoms with Crippen molar-refractivity contribution in [1.29, 1.82) is 0 Å². The highest BCUT2D eigenvalue weighted by Crippen LogP contribution is 2.34. The number of halogens is 2. The van der Waals surface area contributed by atoms with Crippen molar-refractivity contribution < 1.29 is 27.4 Å². The van der Waals surface area contributed by atoms with Gasteiger partial charge in [-0.25, -0.2) is 22.1 Å². The first-order valence-electron chi connectivity index (χ1n) is 8.25. The summed E-state index contributed by atoms with van der Waals surface area (Å²) in [4.78, 5) is 12.7. The third kappa shape index (κ3) is 5.07. The Labute approximate surface area is 167 Å². The van der Waals surface area contributed by atoms with Crippen LogP contribution in [-0.4, -0.2) is 66.9 Å². The van der Waals surface area contributed by atoms with E-state index in [1.807, 2.05) is 4.57 Å². The molecule has 154 valence electrons. The minimum absolute atomic E-state index is 0.0144. The Morgan fingerprint density at radius 2 is 2.11 bits per heavy atom.